The summed E-state index contributed by atoms with van der Waals surface area (Å²) in [6.07, 6.45) is 6.46. The molecule has 0 saturated carbocycles. The highest BCUT2D eigenvalue weighted by atomic mass is 32.2. The summed E-state index contributed by atoms with van der Waals surface area (Å²) in [6, 6.07) is 1.92. The number of fused-ring (bicyclic) bond motifs is 1. The number of amides is 1. The second kappa shape index (κ2) is 7.69. The quantitative estimate of drug-likeness (QED) is 0.616. The Labute approximate surface area is 154 Å². The predicted molar refractivity (Wildman–Crippen MR) is 98.3 cm³/mol. The van der Waals surface area contributed by atoms with Gasteiger partial charge in [-0.05, 0) is 11.8 Å². The van der Waals surface area contributed by atoms with Crippen LogP contribution in [0.15, 0.2) is 35.7 Å². The number of pyridine rings is 1. The molecule has 3 aromatic rings. The Bertz CT molecular complexity index is 946. The first-order chi connectivity index (χ1) is 12.6. The second-order valence-electron chi connectivity index (χ2n) is 5.37. The van der Waals surface area contributed by atoms with Crippen LogP contribution in [0.1, 0.15) is 13.8 Å². The lowest BCUT2D eigenvalue weighted by molar-refractivity contribution is -0.116. The molecular weight excluding hydrogens is 357 g/mol. The van der Waals surface area contributed by atoms with Crippen molar-refractivity contribution in [2.75, 3.05) is 24.6 Å². The van der Waals surface area contributed by atoms with Crippen molar-refractivity contribution < 1.29 is 13.9 Å². The van der Waals surface area contributed by atoms with E-state index in [1.807, 2.05) is 13.0 Å². The Morgan fingerprint density at radius 3 is 2.85 bits per heavy atom. The zero-order valence-electron chi connectivity index (χ0n) is 14.6. The number of carbonyl (C=O) groups excluding carboxylic acids is 1. The van der Waals surface area contributed by atoms with Crippen molar-refractivity contribution in [2.24, 2.45) is 0 Å². The molecular formula is C17H18FN5O2S. The van der Waals surface area contributed by atoms with E-state index in [0.29, 0.717) is 22.7 Å². The Kier molecular flexibility index (Phi) is 5.36. The average Bonchev–Trinajstić information content (AvgIpc) is 3.06. The van der Waals surface area contributed by atoms with Gasteiger partial charge < -0.3 is 9.64 Å². The number of carbonyl (C=O) groups is 1. The van der Waals surface area contributed by atoms with Crippen LogP contribution in [-0.4, -0.2) is 44.9 Å². The van der Waals surface area contributed by atoms with Gasteiger partial charge in [-0.3, -0.25) is 9.20 Å². The third kappa shape index (κ3) is 3.34. The number of hydrogen-bond acceptors (Lipinski definition) is 6. The minimum Gasteiger partial charge on any atom is -0.444 e. The molecule has 3 rings (SSSR count). The van der Waals surface area contributed by atoms with Crippen molar-refractivity contribution in [2.45, 2.75) is 18.7 Å². The number of hydrogen-bond donors (Lipinski definition) is 0. The second-order valence-corrected chi connectivity index (χ2v) is 6.68. The van der Waals surface area contributed by atoms with Crippen molar-refractivity contribution in [1.29, 1.82) is 0 Å². The molecule has 0 spiro atoms. The first-order valence-corrected chi connectivity index (χ1v) is 8.93. The van der Waals surface area contributed by atoms with Crippen LogP contribution < -0.4 is 9.64 Å². The van der Waals surface area contributed by atoms with Crippen LogP contribution in [0.5, 0.6) is 5.88 Å². The van der Waals surface area contributed by atoms with Gasteiger partial charge in [0.05, 0.1) is 18.1 Å². The largest absolute Gasteiger partial charge is 0.444 e. The highest BCUT2D eigenvalue weighted by molar-refractivity contribution is 7.99. The van der Waals surface area contributed by atoms with E-state index in [-0.39, 0.29) is 11.8 Å². The summed E-state index contributed by atoms with van der Waals surface area (Å²) in [4.78, 5) is 27.0. The zero-order valence-corrected chi connectivity index (χ0v) is 15.5. The van der Waals surface area contributed by atoms with Crippen LogP contribution in [0, 0.1) is 0 Å². The summed E-state index contributed by atoms with van der Waals surface area (Å²) in [7, 11) is 1.70. The first kappa shape index (κ1) is 18.1. The number of rotatable bonds is 6. The van der Waals surface area contributed by atoms with Crippen molar-refractivity contribution in [3.8, 4) is 17.4 Å². The van der Waals surface area contributed by atoms with Crippen molar-refractivity contribution in [3.05, 3.63) is 30.9 Å². The molecule has 0 fully saturated rings. The maximum atomic E-state index is 12.5. The maximum absolute atomic E-state index is 12.5. The average molecular weight is 375 g/mol. The van der Waals surface area contributed by atoms with Gasteiger partial charge in [0, 0.05) is 31.3 Å². The smallest absolute Gasteiger partial charge is 0.242 e. The van der Waals surface area contributed by atoms with Gasteiger partial charge in [-0.15, -0.1) is 11.8 Å². The number of thioether (sulfide) groups is 1. The van der Waals surface area contributed by atoms with E-state index in [0.717, 1.165) is 10.6 Å². The molecule has 0 saturated heterocycles. The van der Waals surface area contributed by atoms with Gasteiger partial charge in [0.25, 0.3) is 0 Å². The standard InChI is InChI=1S/C17H18FN5O2S/c1-4-26-14-7-12(22(3)11(2)24)8-20-15(14)16-21-9-13-17(25-10-18)19-5-6-23(13)16/h5-9H,4,10H2,1-3H3. The van der Waals surface area contributed by atoms with Crippen LogP contribution in [0.4, 0.5) is 10.1 Å². The SMILES string of the molecule is CCSc1cc(N(C)C(C)=O)cnc1-c1ncc2c(OCF)nccn12. The summed E-state index contributed by atoms with van der Waals surface area (Å²) >= 11 is 1.61. The topological polar surface area (TPSA) is 72.6 Å². The molecule has 0 bridgehead atoms. The van der Waals surface area contributed by atoms with E-state index in [9.17, 15) is 9.18 Å². The highest BCUT2D eigenvalue weighted by Gasteiger charge is 2.17. The van der Waals surface area contributed by atoms with Gasteiger partial charge in [0.1, 0.15) is 11.2 Å². The number of nitrogens with zero attached hydrogens (tertiary/aromatic N) is 5. The van der Waals surface area contributed by atoms with Crippen molar-refractivity contribution >= 4 is 28.9 Å². The van der Waals surface area contributed by atoms with Gasteiger partial charge in [-0.2, -0.15) is 0 Å². The number of imidazole rings is 1. The normalized spacial score (nSPS) is 10.9. The molecule has 26 heavy (non-hydrogen) atoms. The lowest BCUT2D eigenvalue weighted by atomic mass is 10.3. The van der Waals surface area contributed by atoms with Crippen LogP contribution in [0.2, 0.25) is 0 Å². The summed E-state index contributed by atoms with van der Waals surface area (Å²) in [5, 5.41) is 0. The number of ether oxygens (including phenoxy) is 1. The molecule has 136 valence electrons. The van der Waals surface area contributed by atoms with E-state index >= 15 is 0 Å². The minimum atomic E-state index is -0.964. The lowest BCUT2D eigenvalue weighted by Gasteiger charge is -2.17. The van der Waals surface area contributed by atoms with E-state index < -0.39 is 6.86 Å². The Balaban J connectivity index is 2.13. The van der Waals surface area contributed by atoms with E-state index in [2.05, 4.69) is 15.0 Å². The van der Waals surface area contributed by atoms with Crippen LogP contribution in [0.3, 0.4) is 0 Å². The zero-order chi connectivity index (χ0) is 18.7. The minimum absolute atomic E-state index is 0.0719. The third-order valence-electron chi connectivity index (χ3n) is 3.82. The Morgan fingerprint density at radius 1 is 1.35 bits per heavy atom. The summed E-state index contributed by atoms with van der Waals surface area (Å²) < 4.78 is 19.2. The number of halogens is 1. The molecule has 0 atom stereocenters. The monoisotopic (exact) mass is 375 g/mol. The fourth-order valence-corrected chi connectivity index (χ4v) is 3.27. The molecule has 0 radical (unpaired) electrons. The van der Waals surface area contributed by atoms with Gasteiger partial charge >= 0.3 is 0 Å². The van der Waals surface area contributed by atoms with Crippen LogP contribution in [-0.2, 0) is 4.79 Å². The molecule has 7 nitrogen and oxygen atoms in total. The Hall–Kier alpha value is -2.68. The molecule has 0 aliphatic rings. The fourth-order valence-electron chi connectivity index (χ4n) is 2.47. The van der Waals surface area contributed by atoms with Gasteiger partial charge in [-0.25, -0.2) is 19.3 Å². The predicted octanol–water partition coefficient (Wildman–Crippen LogP) is 3.19. The first-order valence-electron chi connectivity index (χ1n) is 7.95. The summed E-state index contributed by atoms with van der Waals surface area (Å²) in [5.41, 5.74) is 1.94. The van der Waals surface area contributed by atoms with E-state index in [1.165, 1.54) is 18.0 Å². The van der Waals surface area contributed by atoms with Crippen LogP contribution in [0.25, 0.3) is 17.0 Å². The lowest BCUT2D eigenvalue weighted by Crippen LogP contribution is -2.23. The van der Waals surface area contributed by atoms with Crippen molar-refractivity contribution in [3.63, 3.8) is 0 Å². The van der Waals surface area contributed by atoms with Crippen LogP contribution >= 0.6 is 11.8 Å². The molecule has 0 aromatic carbocycles. The highest BCUT2D eigenvalue weighted by Crippen LogP contribution is 2.33. The van der Waals surface area contributed by atoms with Crippen molar-refractivity contribution in [1.82, 2.24) is 19.4 Å². The molecule has 3 heterocycles. The molecule has 0 unspecified atom stereocenters. The number of anilines is 1. The Morgan fingerprint density at radius 2 is 2.15 bits per heavy atom. The number of alkyl halides is 1. The third-order valence-corrected chi connectivity index (χ3v) is 4.74. The summed E-state index contributed by atoms with van der Waals surface area (Å²) in [5.74, 6) is 1.53. The molecule has 0 aliphatic carbocycles. The van der Waals surface area contributed by atoms with E-state index in [4.69, 9.17) is 4.74 Å². The maximum Gasteiger partial charge on any atom is 0.242 e. The van der Waals surface area contributed by atoms with Gasteiger partial charge in [0.15, 0.2) is 5.82 Å². The number of aromatic nitrogens is 4. The molecule has 0 aliphatic heterocycles. The molecule has 3 aromatic heterocycles. The molecule has 1 amide bonds. The summed E-state index contributed by atoms with van der Waals surface area (Å²) in [6.45, 7) is 2.58. The molecule has 9 heteroatoms. The van der Waals surface area contributed by atoms with Gasteiger partial charge in [0.2, 0.25) is 18.6 Å². The fraction of sp³-hybridized carbons (Fsp3) is 0.294. The van der Waals surface area contributed by atoms with E-state index in [1.54, 1.807) is 41.8 Å². The van der Waals surface area contributed by atoms with Gasteiger partial charge in [-0.1, -0.05) is 6.92 Å². The molecule has 0 N–H and O–H groups in total.